The summed E-state index contributed by atoms with van der Waals surface area (Å²) in [6, 6.07) is 5.73. The molecule has 0 spiro atoms. The summed E-state index contributed by atoms with van der Waals surface area (Å²) in [7, 11) is 0. The fourth-order valence-corrected chi connectivity index (χ4v) is 2.12. The summed E-state index contributed by atoms with van der Waals surface area (Å²) in [4.78, 5) is 11.2. The Labute approximate surface area is 99.9 Å². The van der Waals surface area contributed by atoms with E-state index in [1.54, 1.807) is 19.9 Å². The van der Waals surface area contributed by atoms with Crippen LogP contribution in [0.2, 0.25) is 0 Å². The molecule has 0 saturated carbocycles. The highest BCUT2D eigenvalue weighted by Gasteiger charge is 2.42. The van der Waals surface area contributed by atoms with Crippen LogP contribution < -0.4 is 0 Å². The first-order valence-corrected chi connectivity index (χ1v) is 5.67. The average molecular weight is 240 g/mol. The number of aliphatic hydroxyl groups is 1. The number of carboxylic acids is 1. The third kappa shape index (κ3) is 2.64. The van der Waals surface area contributed by atoms with Gasteiger partial charge in [0.1, 0.15) is 5.82 Å². The lowest BCUT2D eigenvalue weighted by Gasteiger charge is -2.31. The van der Waals surface area contributed by atoms with E-state index in [1.807, 2.05) is 0 Å². The molecule has 1 aromatic rings. The molecule has 0 fully saturated rings. The van der Waals surface area contributed by atoms with Crippen molar-refractivity contribution in [3.8, 4) is 0 Å². The first-order chi connectivity index (χ1) is 7.95. The molecule has 4 heteroatoms. The fourth-order valence-electron chi connectivity index (χ4n) is 2.12. The molecule has 2 unspecified atom stereocenters. The minimum Gasteiger partial charge on any atom is -0.479 e. The van der Waals surface area contributed by atoms with E-state index in [0.717, 1.165) is 0 Å². The van der Waals surface area contributed by atoms with Crippen LogP contribution in [0.25, 0.3) is 0 Å². The van der Waals surface area contributed by atoms with E-state index in [2.05, 4.69) is 0 Å². The van der Waals surface area contributed by atoms with E-state index >= 15 is 0 Å². The Morgan fingerprint density at radius 3 is 2.53 bits per heavy atom. The molecule has 1 aromatic carbocycles. The predicted molar refractivity (Wildman–Crippen MR) is 62.3 cm³/mol. The minimum atomic E-state index is -1.84. The summed E-state index contributed by atoms with van der Waals surface area (Å²) >= 11 is 0. The molecule has 2 N–H and O–H groups in total. The number of carboxylic acid groups (broad SMARTS) is 1. The van der Waals surface area contributed by atoms with Gasteiger partial charge in [0, 0.05) is 5.92 Å². The van der Waals surface area contributed by atoms with Crippen LogP contribution in [-0.2, 0) is 4.79 Å². The van der Waals surface area contributed by atoms with Crippen molar-refractivity contribution >= 4 is 5.97 Å². The summed E-state index contributed by atoms with van der Waals surface area (Å²) in [6.07, 6.45) is 0.511. The van der Waals surface area contributed by atoms with Crippen LogP contribution in [0.5, 0.6) is 0 Å². The van der Waals surface area contributed by atoms with Crippen molar-refractivity contribution in [1.29, 1.82) is 0 Å². The first kappa shape index (κ1) is 13.6. The normalized spacial score (nSPS) is 16.2. The molecule has 0 aliphatic carbocycles. The summed E-state index contributed by atoms with van der Waals surface area (Å²) in [5, 5.41) is 19.3. The molecule has 0 aromatic heterocycles. The molecule has 17 heavy (non-hydrogen) atoms. The Bertz CT molecular complexity index is 405. The van der Waals surface area contributed by atoms with Gasteiger partial charge >= 0.3 is 5.97 Å². The lowest BCUT2D eigenvalue weighted by atomic mass is 9.78. The van der Waals surface area contributed by atoms with Gasteiger partial charge in [-0.15, -0.1) is 0 Å². The van der Waals surface area contributed by atoms with Crippen LogP contribution in [0.1, 0.15) is 38.2 Å². The van der Waals surface area contributed by atoms with Crippen molar-refractivity contribution in [2.45, 2.75) is 38.2 Å². The molecular weight excluding hydrogens is 223 g/mol. The lowest BCUT2D eigenvalue weighted by Crippen LogP contribution is -2.43. The van der Waals surface area contributed by atoms with Crippen LogP contribution in [0, 0.1) is 5.82 Å². The number of halogens is 1. The Kier molecular flexibility index (Phi) is 4.23. The van der Waals surface area contributed by atoms with Gasteiger partial charge < -0.3 is 10.2 Å². The molecule has 0 radical (unpaired) electrons. The highest BCUT2D eigenvalue weighted by molar-refractivity contribution is 5.78. The zero-order chi connectivity index (χ0) is 13.1. The van der Waals surface area contributed by atoms with Crippen LogP contribution >= 0.6 is 0 Å². The number of hydrogen-bond donors (Lipinski definition) is 2. The molecule has 1 rings (SSSR count). The van der Waals surface area contributed by atoms with Crippen molar-refractivity contribution in [2.75, 3.05) is 0 Å². The van der Waals surface area contributed by atoms with E-state index in [-0.39, 0.29) is 6.42 Å². The molecule has 2 atom stereocenters. The zero-order valence-electron chi connectivity index (χ0n) is 9.98. The molecule has 0 amide bonds. The van der Waals surface area contributed by atoms with E-state index in [1.165, 1.54) is 18.2 Å². The highest BCUT2D eigenvalue weighted by atomic mass is 19.1. The zero-order valence-corrected chi connectivity index (χ0v) is 9.98. The van der Waals surface area contributed by atoms with Crippen molar-refractivity contribution < 1.29 is 19.4 Å². The molecule has 94 valence electrons. The van der Waals surface area contributed by atoms with E-state index in [0.29, 0.717) is 12.0 Å². The molecule has 0 aliphatic heterocycles. The molecule has 3 nitrogen and oxygen atoms in total. The van der Waals surface area contributed by atoms with Gasteiger partial charge in [-0.2, -0.15) is 0 Å². The van der Waals surface area contributed by atoms with Crippen molar-refractivity contribution in [3.05, 3.63) is 35.6 Å². The third-order valence-corrected chi connectivity index (χ3v) is 3.15. The highest BCUT2D eigenvalue weighted by Crippen LogP contribution is 2.34. The van der Waals surface area contributed by atoms with Gasteiger partial charge in [-0.25, -0.2) is 9.18 Å². The van der Waals surface area contributed by atoms with Gasteiger partial charge in [0.15, 0.2) is 5.60 Å². The SMILES string of the molecule is CCC(c1cccc(F)c1)C(O)(CC)C(=O)O. The molecule has 0 heterocycles. The van der Waals surface area contributed by atoms with Crippen molar-refractivity contribution in [1.82, 2.24) is 0 Å². The number of hydrogen-bond acceptors (Lipinski definition) is 2. The quantitative estimate of drug-likeness (QED) is 0.831. The largest absolute Gasteiger partial charge is 0.479 e. The Hall–Kier alpha value is -1.42. The maximum atomic E-state index is 13.1. The van der Waals surface area contributed by atoms with E-state index in [4.69, 9.17) is 5.11 Å². The maximum Gasteiger partial charge on any atom is 0.336 e. The monoisotopic (exact) mass is 240 g/mol. The second-order valence-electron chi connectivity index (χ2n) is 4.10. The second-order valence-corrected chi connectivity index (χ2v) is 4.10. The van der Waals surface area contributed by atoms with E-state index in [9.17, 15) is 14.3 Å². The number of aliphatic carboxylic acids is 1. The van der Waals surface area contributed by atoms with Gasteiger partial charge in [-0.05, 0) is 30.5 Å². The maximum absolute atomic E-state index is 13.1. The molecular formula is C13H17FO3. The molecule has 0 aliphatic rings. The van der Waals surface area contributed by atoms with Crippen molar-refractivity contribution in [2.24, 2.45) is 0 Å². The van der Waals surface area contributed by atoms with Gasteiger partial charge in [0.2, 0.25) is 0 Å². The van der Waals surface area contributed by atoms with Gasteiger partial charge in [0.25, 0.3) is 0 Å². The second kappa shape index (κ2) is 5.27. The standard InChI is InChI=1S/C13H17FO3/c1-3-11(13(17,4-2)12(15)16)9-6-5-7-10(14)8-9/h5-8,11,17H,3-4H2,1-2H3,(H,15,16). The Morgan fingerprint density at radius 1 is 1.47 bits per heavy atom. The summed E-state index contributed by atoms with van der Waals surface area (Å²) in [5.41, 5.74) is -1.33. The van der Waals surface area contributed by atoms with Gasteiger partial charge in [-0.3, -0.25) is 0 Å². The van der Waals surface area contributed by atoms with Crippen LogP contribution in [0.15, 0.2) is 24.3 Å². The number of rotatable bonds is 5. The average Bonchev–Trinajstić information content (AvgIpc) is 2.29. The van der Waals surface area contributed by atoms with Gasteiger partial charge in [0.05, 0.1) is 0 Å². The number of benzene rings is 1. The Morgan fingerprint density at radius 2 is 2.12 bits per heavy atom. The smallest absolute Gasteiger partial charge is 0.336 e. The molecule has 0 saturated heterocycles. The predicted octanol–water partition coefficient (Wildman–Crippen LogP) is 2.54. The number of carbonyl (C=O) groups is 1. The van der Waals surface area contributed by atoms with Crippen LogP contribution in [0.4, 0.5) is 4.39 Å². The van der Waals surface area contributed by atoms with Gasteiger partial charge in [-0.1, -0.05) is 26.0 Å². The summed E-state index contributed by atoms with van der Waals surface area (Å²) in [6.45, 7) is 3.38. The summed E-state index contributed by atoms with van der Waals surface area (Å²) in [5.74, 6) is -2.30. The fraction of sp³-hybridized carbons (Fsp3) is 0.462. The minimum absolute atomic E-state index is 0.0807. The van der Waals surface area contributed by atoms with Crippen LogP contribution in [-0.4, -0.2) is 21.8 Å². The lowest BCUT2D eigenvalue weighted by molar-refractivity contribution is -0.161. The van der Waals surface area contributed by atoms with Crippen LogP contribution in [0.3, 0.4) is 0 Å². The topological polar surface area (TPSA) is 57.5 Å². The first-order valence-electron chi connectivity index (χ1n) is 5.67. The summed E-state index contributed by atoms with van der Waals surface area (Å²) < 4.78 is 13.1. The third-order valence-electron chi connectivity index (χ3n) is 3.15. The van der Waals surface area contributed by atoms with Crippen molar-refractivity contribution in [3.63, 3.8) is 0 Å². The molecule has 0 bridgehead atoms. The Balaban J connectivity index is 3.18. The van der Waals surface area contributed by atoms with E-state index < -0.39 is 23.3 Å².